The molecule has 3 aromatic rings. The van der Waals surface area contributed by atoms with Crippen LogP contribution < -0.4 is 24.2 Å². The predicted octanol–water partition coefficient (Wildman–Crippen LogP) is 8.80. The Labute approximate surface area is 392 Å². The quantitative estimate of drug-likeness (QED) is 0.0387. The fourth-order valence-electron chi connectivity index (χ4n) is 6.87. The Balaban J connectivity index is 1.65. The lowest BCUT2D eigenvalue weighted by Gasteiger charge is -2.32. The summed E-state index contributed by atoms with van der Waals surface area (Å²) in [5.74, 6) is 1.35. The Kier molecular flexibility index (Phi) is 21.7. The van der Waals surface area contributed by atoms with Crippen LogP contribution in [0.4, 0.5) is 26.7 Å². The van der Waals surface area contributed by atoms with Crippen molar-refractivity contribution in [3.63, 3.8) is 0 Å². The SMILES string of the molecule is COCCOCCOCCN(C(=O)OC(C)(C)C)c1cc(COC)cc(COc2cc(N(CC3Cc4ccccc4N3C)C(=O)OCC(C)(C)SSCCCC=O)c(C=O)cc2OC)c1. The summed E-state index contributed by atoms with van der Waals surface area (Å²) >= 11 is 0. The van der Waals surface area contributed by atoms with Gasteiger partial charge in [0, 0.05) is 63.0 Å². The molecule has 0 N–H and O–H groups in total. The number of methoxy groups -OCH3 is 3. The summed E-state index contributed by atoms with van der Waals surface area (Å²) in [6.45, 7) is 12.1. The summed E-state index contributed by atoms with van der Waals surface area (Å²) in [4.78, 5) is 56.8. The minimum atomic E-state index is -0.757. The number of carbonyl (C=O) groups excluding carboxylic acids is 4. The van der Waals surface area contributed by atoms with Gasteiger partial charge >= 0.3 is 12.2 Å². The smallest absolute Gasteiger partial charge is 0.414 e. The van der Waals surface area contributed by atoms with Gasteiger partial charge in [0.25, 0.3) is 0 Å². The molecule has 1 heterocycles. The van der Waals surface area contributed by atoms with E-state index in [1.807, 2.05) is 51.2 Å². The van der Waals surface area contributed by atoms with E-state index in [9.17, 15) is 19.2 Å². The molecule has 1 aliphatic heterocycles. The minimum Gasteiger partial charge on any atom is -0.493 e. The third-order valence-electron chi connectivity index (χ3n) is 10.0. The van der Waals surface area contributed by atoms with Crippen LogP contribution in [0, 0.1) is 0 Å². The molecule has 0 radical (unpaired) electrons. The first-order valence-electron chi connectivity index (χ1n) is 21.7. The Hall–Kier alpha value is -4.52. The Morgan fingerprint density at radius 1 is 0.831 bits per heavy atom. The van der Waals surface area contributed by atoms with Crippen molar-refractivity contribution in [2.75, 3.05) is 102 Å². The normalized spacial score (nSPS) is 13.6. The molecule has 1 atom stereocenters. The average molecular weight is 942 g/mol. The van der Waals surface area contributed by atoms with Crippen LogP contribution in [0.5, 0.6) is 11.5 Å². The molecular weight excluding hydrogens is 875 g/mol. The van der Waals surface area contributed by atoms with Crippen LogP contribution in [0.2, 0.25) is 0 Å². The lowest BCUT2D eigenvalue weighted by molar-refractivity contribution is -0.107. The zero-order valence-electron chi connectivity index (χ0n) is 39.4. The van der Waals surface area contributed by atoms with E-state index in [0.717, 1.165) is 35.3 Å². The standard InChI is InChI=1S/C48H67N3O12S2/c1-47(2,3)63-46(55)50(16-18-59-21-22-60-20-19-56-7)39-25-35(32-57-8)24-36(26-39)33-61-44-29-42(38(31-53)28-43(44)58-9)51(30-40-27-37-14-10-11-15-41(37)49(40)6)45(54)62-34-48(4,5)65-64-23-13-12-17-52/h10-11,14-15,17,24-26,28-29,31,40H,12-13,16,18-23,27,30,32-34H2,1-9H3. The van der Waals surface area contributed by atoms with Crippen molar-refractivity contribution >= 4 is 63.4 Å². The summed E-state index contributed by atoms with van der Waals surface area (Å²) in [6.07, 6.45) is 2.39. The third-order valence-corrected chi connectivity index (χ3v) is 13.4. The first kappa shape index (κ1) is 53.1. The molecule has 358 valence electrons. The van der Waals surface area contributed by atoms with Gasteiger partial charge in [-0.25, -0.2) is 9.59 Å². The third kappa shape index (κ3) is 17.0. The second-order valence-corrected chi connectivity index (χ2v) is 20.1. The van der Waals surface area contributed by atoms with Crippen molar-refractivity contribution in [1.82, 2.24) is 0 Å². The van der Waals surface area contributed by atoms with E-state index >= 15 is 0 Å². The highest BCUT2D eigenvalue weighted by Crippen LogP contribution is 2.39. The Morgan fingerprint density at radius 2 is 1.54 bits per heavy atom. The maximum atomic E-state index is 14.4. The second kappa shape index (κ2) is 26.6. The monoisotopic (exact) mass is 941 g/mol. The van der Waals surface area contributed by atoms with Gasteiger partial charge < -0.3 is 47.6 Å². The lowest BCUT2D eigenvalue weighted by atomic mass is 10.1. The van der Waals surface area contributed by atoms with Gasteiger partial charge in [0.15, 0.2) is 17.8 Å². The average Bonchev–Trinajstić information content (AvgIpc) is 3.59. The molecule has 2 amide bonds. The van der Waals surface area contributed by atoms with Gasteiger partial charge in [-0.2, -0.15) is 0 Å². The van der Waals surface area contributed by atoms with Crippen LogP contribution in [0.3, 0.4) is 0 Å². The number of carbonyl (C=O) groups is 4. The van der Waals surface area contributed by atoms with Gasteiger partial charge in [0.1, 0.15) is 25.1 Å². The number of para-hydroxylation sites is 1. The molecule has 17 heteroatoms. The summed E-state index contributed by atoms with van der Waals surface area (Å²) in [5, 5.41) is 0. The number of benzene rings is 3. The molecule has 4 rings (SSSR count). The van der Waals surface area contributed by atoms with Crippen molar-refractivity contribution in [3.8, 4) is 11.5 Å². The highest BCUT2D eigenvalue weighted by atomic mass is 33.1. The molecule has 0 bridgehead atoms. The Morgan fingerprint density at radius 3 is 2.20 bits per heavy atom. The number of hydrogen-bond acceptors (Lipinski definition) is 15. The summed E-state index contributed by atoms with van der Waals surface area (Å²) in [6, 6.07) is 16.8. The number of likely N-dealkylation sites (N-methyl/N-ethyl adjacent to an activating group) is 1. The summed E-state index contributed by atoms with van der Waals surface area (Å²) < 4.78 is 45.5. The molecule has 0 saturated heterocycles. The molecule has 0 saturated carbocycles. The van der Waals surface area contributed by atoms with Crippen molar-refractivity contribution in [1.29, 1.82) is 0 Å². The van der Waals surface area contributed by atoms with E-state index in [2.05, 4.69) is 17.0 Å². The van der Waals surface area contributed by atoms with E-state index in [4.69, 9.17) is 37.9 Å². The zero-order valence-corrected chi connectivity index (χ0v) is 41.0. The van der Waals surface area contributed by atoms with Crippen LogP contribution in [-0.4, -0.2) is 128 Å². The fourth-order valence-corrected chi connectivity index (χ4v) is 9.37. The van der Waals surface area contributed by atoms with E-state index < -0.39 is 22.5 Å². The number of hydrogen-bond donors (Lipinski definition) is 0. The van der Waals surface area contributed by atoms with Crippen LogP contribution >= 0.6 is 21.6 Å². The van der Waals surface area contributed by atoms with E-state index in [1.165, 1.54) is 16.9 Å². The van der Waals surface area contributed by atoms with Gasteiger partial charge in [-0.15, -0.1) is 0 Å². The number of anilines is 3. The predicted molar refractivity (Wildman–Crippen MR) is 257 cm³/mol. The lowest BCUT2D eigenvalue weighted by Crippen LogP contribution is -2.45. The van der Waals surface area contributed by atoms with Crippen LogP contribution in [0.15, 0.2) is 54.6 Å². The number of ether oxygens (including phenoxy) is 8. The maximum absolute atomic E-state index is 14.4. The van der Waals surface area contributed by atoms with Crippen LogP contribution in [0.25, 0.3) is 0 Å². The maximum Gasteiger partial charge on any atom is 0.414 e. The molecule has 1 unspecified atom stereocenters. The summed E-state index contributed by atoms with van der Waals surface area (Å²) in [7, 11) is 9.90. The number of aldehydes is 2. The molecule has 65 heavy (non-hydrogen) atoms. The summed E-state index contributed by atoms with van der Waals surface area (Å²) in [5.41, 5.74) is 4.01. The highest BCUT2D eigenvalue weighted by molar-refractivity contribution is 8.77. The molecule has 0 aliphatic carbocycles. The van der Waals surface area contributed by atoms with Crippen molar-refractivity contribution < 1.29 is 57.1 Å². The molecule has 15 nitrogen and oxygen atoms in total. The van der Waals surface area contributed by atoms with Gasteiger partial charge in [0.05, 0.1) is 69.8 Å². The van der Waals surface area contributed by atoms with E-state index in [0.29, 0.717) is 62.5 Å². The highest BCUT2D eigenvalue weighted by Gasteiger charge is 2.34. The first-order chi connectivity index (χ1) is 31.1. The Bertz CT molecular complexity index is 1990. The molecule has 0 fully saturated rings. The number of unbranched alkanes of at least 4 members (excludes halogenated alkanes) is 1. The van der Waals surface area contributed by atoms with Gasteiger partial charge in [-0.3, -0.25) is 14.6 Å². The van der Waals surface area contributed by atoms with Gasteiger partial charge in [-0.05, 0) is 94.5 Å². The fraction of sp³-hybridized carbons (Fsp3) is 0.542. The number of nitrogens with zero attached hydrogens (tertiary/aromatic N) is 3. The van der Waals surface area contributed by atoms with E-state index in [-0.39, 0.29) is 62.6 Å². The van der Waals surface area contributed by atoms with Crippen LogP contribution in [-0.2, 0) is 52.9 Å². The first-order valence-corrected chi connectivity index (χ1v) is 24.0. The molecule has 1 aliphatic rings. The molecule has 0 aromatic heterocycles. The minimum absolute atomic E-state index is 0.0132. The van der Waals surface area contributed by atoms with Crippen molar-refractivity contribution in [2.24, 2.45) is 0 Å². The van der Waals surface area contributed by atoms with Crippen molar-refractivity contribution in [2.45, 2.75) is 83.5 Å². The molecule has 3 aromatic carbocycles. The van der Waals surface area contributed by atoms with Crippen molar-refractivity contribution in [3.05, 3.63) is 76.9 Å². The van der Waals surface area contributed by atoms with E-state index in [1.54, 1.807) is 68.7 Å². The topological polar surface area (TPSA) is 152 Å². The largest absolute Gasteiger partial charge is 0.493 e. The molecular formula is C48H67N3O12S2. The number of fused-ring (bicyclic) bond motifs is 1. The number of amides is 2. The van der Waals surface area contributed by atoms with Crippen LogP contribution in [0.1, 0.15) is 74.5 Å². The van der Waals surface area contributed by atoms with Gasteiger partial charge in [-0.1, -0.05) is 39.8 Å². The zero-order chi connectivity index (χ0) is 47.4. The second-order valence-electron chi connectivity index (χ2n) is 17.0. The molecule has 0 spiro atoms. The van der Waals surface area contributed by atoms with Gasteiger partial charge in [0.2, 0.25) is 0 Å². The number of rotatable bonds is 28.